The highest BCUT2D eigenvalue weighted by Crippen LogP contribution is 2.29. The monoisotopic (exact) mass is 287 g/mol. The largest absolute Gasteiger partial charge is 0.378 e. The van der Waals surface area contributed by atoms with Crippen molar-refractivity contribution in [1.29, 1.82) is 0 Å². The van der Waals surface area contributed by atoms with Crippen LogP contribution in [-0.2, 0) is 11.3 Å². The molecule has 1 heterocycles. The first-order valence-corrected chi connectivity index (χ1v) is 8.16. The Balaban J connectivity index is 1.49. The molecule has 1 aliphatic rings. The van der Waals surface area contributed by atoms with Gasteiger partial charge in [-0.2, -0.15) is 0 Å². The molecule has 0 spiro atoms. The highest BCUT2D eigenvalue weighted by molar-refractivity contribution is 7.15. The summed E-state index contributed by atoms with van der Waals surface area (Å²) in [5.41, 5.74) is 1.31. The maximum absolute atomic E-state index is 5.58. The van der Waals surface area contributed by atoms with E-state index in [2.05, 4.69) is 54.7 Å². The molecule has 1 aromatic heterocycles. The lowest BCUT2D eigenvalue weighted by Gasteiger charge is -2.35. The third kappa shape index (κ3) is 3.29. The smallest absolute Gasteiger partial charge is 0.0604 e. The molecule has 106 valence electrons. The number of nitrogens with one attached hydrogen (secondary N) is 1. The molecule has 0 saturated heterocycles. The fourth-order valence-corrected chi connectivity index (χ4v) is 3.54. The normalized spacial score (nSPS) is 21.6. The zero-order chi connectivity index (χ0) is 13.8. The lowest BCUT2D eigenvalue weighted by Crippen LogP contribution is -2.44. The Kier molecular flexibility index (Phi) is 4.51. The predicted molar refractivity (Wildman–Crippen MR) is 85.0 cm³/mol. The molecule has 0 unspecified atom stereocenters. The molecule has 3 rings (SSSR count). The summed E-state index contributed by atoms with van der Waals surface area (Å²) in [4.78, 5) is 2.76. The molecule has 0 radical (unpaired) electrons. The summed E-state index contributed by atoms with van der Waals surface area (Å²) >= 11 is 1.88. The number of hydrogen-bond donors (Lipinski definition) is 1. The first-order valence-electron chi connectivity index (χ1n) is 7.34. The number of benzene rings is 1. The van der Waals surface area contributed by atoms with Crippen molar-refractivity contribution in [3.05, 3.63) is 47.3 Å². The van der Waals surface area contributed by atoms with Crippen molar-refractivity contribution < 1.29 is 4.74 Å². The van der Waals surface area contributed by atoms with Gasteiger partial charge in [-0.3, -0.25) is 0 Å². The van der Waals surface area contributed by atoms with Crippen LogP contribution in [0.15, 0.2) is 42.5 Å². The zero-order valence-electron chi connectivity index (χ0n) is 11.8. The molecular formula is C17H21NOS. The molecule has 0 amide bonds. The molecule has 2 nitrogen and oxygen atoms in total. The minimum atomic E-state index is 0.487. The molecule has 1 aromatic carbocycles. The van der Waals surface area contributed by atoms with Crippen LogP contribution in [0.5, 0.6) is 0 Å². The second kappa shape index (κ2) is 6.53. The molecule has 2 aromatic rings. The number of thiophene rings is 1. The summed E-state index contributed by atoms with van der Waals surface area (Å²) in [6.07, 6.45) is 2.80. The van der Waals surface area contributed by atoms with Crippen molar-refractivity contribution >= 4 is 11.3 Å². The fourth-order valence-electron chi connectivity index (χ4n) is 2.58. The minimum Gasteiger partial charge on any atom is -0.378 e. The van der Waals surface area contributed by atoms with Gasteiger partial charge >= 0.3 is 0 Å². The van der Waals surface area contributed by atoms with E-state index in [1.54, 1.807) is 0 Å². The average Bonchev–Trinajstić information content (AvgIpc) is 2.91. The van der Waals surface area contributed by atoms with Crippen molar-refractivity contribution in [1.82, 2.24) is 5.32 Å². The summed E-state index contributed by atoms with van der Waals surface area (Å²) in [5, 5.41) is 3.62. The van der Waals surface area contributed by atoms with Crippen molar-refractivity contribution in [3.8, 4) is 10.4 Å². The van der Waals surface area contributed by atoms with Gasteiger partial charge in [-0.1, -0.05) is 30.3 Å². The van der Waals surface area contributed by atoms with E-state index in [9.17, 15) is 0 Å². The highest BCUT2D eigenvalue weighted by atomic mass is 32.1. The van der Waals surface area contributed by atoms with Crippen molar-refractivity contribution in [3.63, 3.8) is 0 Å². The second-order valence-electron chi connectivity index (χ2n) is 5.26. The molecule has 0 bridgehead atoms. The van der Waals surface area contributed by atoms with Gasteiger partial charge in [0.1, 0.15) is 0 Å². The van der Waals surface area contributed by atoms with E-state index in [1.807, 2.05) is 11.3 Å². The van der Waals surface area contributed by atoms with Gasteiger partial charge in [0.05, 0.1) is 6.10 Å². The Morgan fingerprint density at radius 1 is 1.15 bits per heavy atom. The molecule has 1 fully saturated rings. The Hall–Kier alpha value is -1.16. The van der Waals surface area contributed by atoms with Crippen LogP contribution < -0.4 is 5.32 Å². The van der Waals surface area contributed by atoms with E-state index >= 15 is 0 Å². The average molecular weight is 287 g/mol. The molecule has 20 heavy (non-hydrogen) atoms. The first kappa shape index (κ1) is 13.8. The highest BCUT2D eigenvalue weighted by Gasteiger charge is 2.28. The predicted octanol–water partition coefficient (Wildman–Crippen LogP) is 4.07. The van der Waals surface area contributed by atoms with Crippen LogP contribution >= 0.6 is 11.3 Å². The summed E-state index contributed by atoms with van der Waals surface area (Å²) in [6.45, 7) is 3.88. The maximum atomic E-state index is 5.58. The third-order valence-corrected chi connectivity index (χ3v) is 4.92. The quantitative estimate of drug-likeness (QED) is 0.864. The Morgan fingerprint density at radius 2 is 1.95 bits per heavy atom. The van der Waals surface area contributed by atoms with Gasteiger partial charge in [-0.15, -0.1) is 11.3 Å². The van der Waals surface area contributed by atoms with Gasteiger partial charge in [0.15, 0.2) is 0 Å². The van der Waals surface area contributed by atoms with E-state index in [0.29, 0.717) is 12.1 Å². The fraction of sp³-hybridized carbons (Fsp3) is 0.412. The van der Waals surface area contributed by atoms with E-state index in [4.69, 9.17) is 4.74 Å². The van der Waals surface area contributed by atoms with E-state index < -0.39 is 0 Å². The van der Waals surface area contributed by atoms with Gasteiger partial charge < -0.3 is 10.1 Å². The number of rotatable bonds is 6. The van der Waals surface area contributed by atoms with Crippen LogP contribution in [0.3, 0.4) is 0 Å². The molecule has 1 aliphatic carbocycles. The van der Waals surface area contributed by atoms with Crippen molar-refractivity contribution in [2.45, 2.75) is 38.5 Å². The number of ether oxygens (including phenoxy) is 1. The van der Waals surface area contributed by atoms with Crippen LogP contribution in [0.1, 0.15) is 24.6 Å². The van der Waals surface area contributed by atoms with E-state index in [0.717, 1.165) is 26.0 Å². The van der Waals surface area contributed by atoms with E-state index in [-0.39, 0.29) is 0 Å². The molecule has 3 heteroatoms. The summed E-state index contributed by atoms with van der Waals surface area (Å²) in [6, 6.07) is 15.7. The van der Waals surface area contributed by atoms with Gasteiger partial charge in [0.2, 0.25) is 0 Å². The number of hydrogen-bond acceptors (Lipinski definition) is 3. The summed E-state index contributed by atoms with van der Waals surface area (Å²) < 4.78 is 5.58. The van der Waals surface area contributed by atoms with Gasteiger partial charge in [0.25, 0.3) is 0 Å². The zero-order valence-corrected chi connectivity index (χ0v) is 12.7. The minimum absolute atomic E-state index is 0.487. The van der Waals surface area contributed by atoms with Gasteiger partial charge in [-0.05, 0) is 37.5 Å². The van der Waals surface area contributed by atoms with Crippen LogP contribution in [0.25, 0.3) is 10.4 Å². The van der Waals surface area contributed by atoms with Gasteiger partial charge in [0, 0.05) is 28.9 Å². The SMILES string of the molecule is CCOC1CC(NCc2ccc(-c3ccccc3)s2)C1. The van der Waals surface area contributed by atoms with Crippen molar-refractivity contribution in [2.24, 2.45) is 0 Å². The standard InChI is InChI=1S/C17H21NOS/c1-2-19-15-10-14(11-15)18-12-16-8-9-17(20-16)13-6-4-3-5-7-13/h3-9,14-15,18H,2,10-12H2,1H3. The van der Waals surface area contributed by atoms with Crippen LogP contribution in [0.2, 0.25) is 0 Å². The van der Waals surface area contributed by atoms with Crippen LogP contribution in [-0.4, -0.2) is 18.8 Å². The second-order valence-corrected chi connectivity index (χ2v) is 6.43. The lowest BCUT2D eigenvalue weighted by molar-refractivity contribution is -0.0101. The van der Waals surface area contributed by atoms with Crippen molar-refractivity contribution in [2.75, 3.05) is 6.61 Å². The third-order valence-electron chi connectivity index (χ3n) is 3.78. The maximum Gasteiger partial charge on any atom is 0.0604 e. The lowest BCUT2D eigenvalue weighted by atomic mass is 9.89. The van der Waals surface area contributed by atoms with Crippen LogP contribution in [0, 0.1) is 0 Å². The topological polar surface area (TPSA) is 21.3 Å². The molecule has 1 saturated carbocycles. The molecule has 0 aliphatic heterocycles. The van der Waals surface area contributed by atoms with Crippen LogP contribution in [0.4, 0.5) is 0 Å². The summed E-state index contributed by atoms with van der Waals surface area (Å²) in [5.74, 6) is 0. The molecular weight excluding hydrogens is 266 g/mol. The Labute approximate surface area is 124 Å². The summed E-state index contributed by atoms with van der Waals surface area (Å²) in [7, 11) is 0. The molecule has 1 N–H and O–H groups in total. The molecule has 0 atom stereocenters. The Morgan fingerprint density at radius 3 is 2.70 bits per heavy atom. The van der Waals surface area contributed by atoms with Gasteiger partial charge in [-0.25, -0.2) is 0 Å². The first-order chi connectivity index (χ1) is 9.85. The Bertz CT molecular complexity index is 531. The van der Waals surface area contributed by atoms with E-state index in [1.165, 1.54) is 15.3 Å².